The summed E-state index contributed by atoms with van der Waals surface area (Å²) < 4.78 is 35.7. The number of ether oxygens (including phenoxy) is 1. The van der Waals surface area contributed by atoms with Gasteiger partial charge in [0.25, 0.3) is 0 Å². The molecule has 0 fully saturated rings. The smallest absolute Gasteiger partial charge is 0.182 e. The Kier molecular flexibility index (Phi) is 6.20. The van der Waals surface area contributed by atoms with Crippen LogP contribution in [0.2, 0.25) is 0 Å². The Labute approximate surface area is 189 Å². The lowest BCUT2D eigenvalue weighted by Gasteiger charge is -2.27. The molecule has 3 heterocycles. The average Bonchev–Trinajstić information content (AvgIpc) is 3.15. The maximum absolute atomic E-state index is 14.4. The van der Waals surface area contributed by atoms with Crippen LogP contribution < -0.4 is 4.74 Å². The third kappa shape index (κ3) is 4.34. The summed E-state index contributed by atoms with van der Waals surface area (Å²) in [5.74, 6) is -0.887. The van der Waals surface area contributed by atoms with Crippen LogP contribution in [0, 0.1) is 18.6 Å². The molecule has 3 aromatic heterocycles. The molecule has 0 aliphatic heterocycles. The van der Waals surface area contributed by atoms with E-state index in [1.165, 1.54) is 24.4 Å². The number of nitrogens with zero attached hydrogens (tertiary/aromatic N) is 3. The van der Waals surface area contributed by atoms with Gasteiger partial charge in [0.05, 0.1) is 12.3 Å². The summed E-state index contributed by atoms with van der Waals surface area (Å²) in [6.07, 6.45) is 3.03. The number of fused-ring (bicyclic) bond motifs is 1. The fraction of sp³-hybridized carbons (Fsp3) is 0.240. The summed E-state index contributed by atoms with van der Waals surface area (Å²) >= 11 is 0. The molecule has 0 aliphatic carbocycles. The summed E-state index contributed by atoms with van der Waals surface area (Å²) in [6, 6.07) is 12.3. The van der Waals surface area contributed by atoms with Gasteiger partial charge in [0.15, 0.2) is 17.2 Å². The van der Waals surface area contributed by atoms with Gasteiger partial charge >= 0.3 is 0 Å². The first kappa shape index (κ1) is 22.5. The number of rotatable bonds is 8. The highest BCUT2D eigenvalue weighted by molar-refractivity contribution is 5.97. The molecule has 0 radical (unpaired) electrons. The van der Waals surface area contributed by atoms with Crippen molar-refractivity contribution in [3.63, 3.8) is 0 Å². The van der Waals surface area contributed by atoms with Crippen molar-refractivity contribution >= 4 is 11.4 Å². The minimum absolute atomic E-state index is 0.0998. The first-order valence-electron chi connectivity index (χ1n) is 10.4. The van der Waals surface area contributed by atoms with Crippen LogP contribution in [-0.2, 0) is 12.0 Å². The van der Waals surface area contributed by atoms with Gasteiger partial charge in [-0.25, -0.2) is 13.8 Å². The lowest BCUT2D eigenvalue weighted by Crippen LogP contribution is -2.31. The third-order valence-corrected chi connectivity index (χ3v) is 5.68. The van der Waals surface area contributed by atoms with Crippen LogP contribution in [0.1, 0.15) is 40.8 Å². The minimum atomic E-state index is -1.11. The lowest BCUT2D eigenvalue weighted by molar-refractivity contribution is 0.0910. The van der Waals surface area contributed by atoms with Gasteiger partial charge in [0.2, 0.25) is 0 Å². The molecule has 1 atom stereocenters. The van der Waals surface area contributed by atoms with Crippen LogP contribution in [0.25, 0.3) is 5.65 Å². The fourth-order valence-corrected chi connectivity index (χ4v) is 3.90. The van der Waals surface area contributed by atoms with Gasteiger partial charge in [-0.15, -0.1) is 0 Å². The first-order valence-corrected chi connectivity index (χ1v) is 10.4. The topological polar surface area (TPSA) is 76.7 Å². The zero-order valence-corrected chi connectivity index (χ0v) is 18.3. The number of aliphatic hydroxyl groups is 1. The van der Waals surface area contributed by atoms with E-state index in [0.29, 0.717) is 22.8 Å². The molecule has 1 N–H and O–H groups in total. The Morgan fingerprint density at radius 3 is 2.61 bits per heavy atom. The Bertz CT molecular complexity index is 1320. The van der Waals surface area contributed by atoms with Crippen LogP contribution in [0.4, 0.5) is 8.78 Å². The SMILES string of the molecule is Cc1nc2c(OCc3ncccc3F)cccn2c1C(=O)C[C@@](C)(CO)c1ccccc1F. The lowest BCUT2D eigenvalue weighted by atomic mass is 9.78. The van der Waals surface area contributed by atoms with E-state index in [1.54, 1.807) is 54.8 Å². The summed E-state index contributed by atoms with van der Waals surface area (Å²) in [7, 11) is 0. The van der Waals surface area contributed by atoms with E-state index in [4.69, 9.17) is 4.74 Å². The molecule has 8 heteroatoms. The van der Waals surface area contributed by atoms with Crippen LogP contribution in [0.3, 0.4) is 0 Å². The Hall–Kier alpha value is -3.65. The van der Waals surface area contributed by atoms with Crippen LogP contribution in [0.15, 0.2) is 60.9 Å². The second kappa shape index (κ2) is 9.07. The highest BCUT2D eigenvalue weighted by atomic mass is 19.1. The van der Waals surface area contributed by atoms with Crippen molar-refractivity contribution < 1.29 is 23.4 Å². The number of aliphatic hydroxyl groups excluding tert-OH is 1. The van der Waals surface area contributed by atoms with E-state index in [-0.39, 0.29) is 30.1 Å². The van der Waals surface area contributed by atoms with Crippen molar-refractivity contribution in [1.29, 1.82) is 0 Å². The van der Waals surface area contributed by atoms with Gasteiger partial charge in [-0.2, -0.15) is 0 Å². The van der Waals surface area contributed by atoms with E-state index >= 15 is 0 Å². The summed E-state index contributed by atoms with van der Waals surface area (Å²) in [5, 5.41) is 10.0. The standard InChI is InChI=1S/C25H23F2N3O3/c1-16-23(21(32)13-25(2,15-31)17-7-3-4-8-18(17)26)30-12-6-10-22(24(30)29-16)33-14-20-19(27)9-5-11-28-20/h3-12,31H,13-15H2,1-2H3/t25-/m0/s1. The number of ketones is 1. The number of carbonyl (C=O) groups excluding carboxylic acids is 1. The molecule has 4 aromatic rings. The number of benzene rings is 1. The monoisotopic (exact) mass is 451 g/mol. The van der Waals surface area contributed by atoms with E-state index in [1.807, 2.05) is 0 Å². The zero-order chi connectivity index (χ0) is 23.6. The van der Waals surface area contributed by atoms with Gasteiger partial charge < -0.3 is 9.84 Å². The van der Waals surface area contributed by atoms with Crippen molar-refractivity contribution in [2.75, 3.05) is 6.61 Å². The zero-order valence-electron chi connectivity index (χ0n) is 18.3. The number of carbonyl (C=O) groups is 1. The Morgan fingerprint density at radius 1 is 1.12 bits per heavy atom. The molecule has 0 bridgehead atoms. The second-order valence-electron chi connectivity index (χ2n) is 8.13. The molecular weight excluding hydrogens is 428 g/mol. The quantitative estimate of drug-likeness (QED) is 0.402. The number of halogens is 2. The van der Waals surface area contributed by atoms with Gasteiger partial charge in [-0.3, -0.25) is 14.2 Å². The van der Waals surface area contributed by atoms with Gasteiger partial charge in [0, 0.05) is 24.2 Å². The molecule has 0 amide bonds. The molecule has 170 valence electrons. The minimum Gasteiger partial charge on any atom is -0.483 e. The van der Waals surface area contributed by atoms with E-state index in [2.05, 4.69) is 9.97 Å². The molecule has 0 spiro atoms. The van der Waals surface area contributed by atoms with E-state index < -0.39 is 23.7 Å². The Morgan fingerprint density at radius 2 is 1.88 bits per heavy atom. The predicted octanol–water partition coefficient (Wildman–Crippen LogP) is 4.42. The van der Waals surface area contributed by atoms with Crippen LogP contribution in [0.5, 0.6) is 5.75 Å². The second-order valence-corrected chi connectivity index (χ2v) is 8.13. The number of aromatic nitrogens is 3. The number of hydrogen-bond acceptors (Lipinski definition) is 5. The molecule has 1 aromatic carbocycles. The molecular formula is C25H23F2N3O3. The molecule has 0 aliphatic rings. The number of Topliss-reactive ketones (excluding diaryl/α,β-unsaturated/α-hetero) is 1. The summed E-state index contributed by atoms with van der Waals surface area (Å²) in [5.41, 5.74) is 0.496. The van der Waals surface area contributed by atoms with E-state index in [9.17, 15) is 18.7 Å². The number of imidazole rings is 1. The predicted molar refractivity (Wildman–Crippen MR) is 118 cm³/mol. The highest BCUT2D eigenvalue weighted by Gasteiger charge is 2.33. The third-order valence-electron chi connectivity index (χ3n) is 5.68. The average molecular weight is 451 g/mol. The largest absolute Gasteiger partial charge is 0.483 e. The molecule has 33 heavy (non-hydrogen) atoms. The van der Waals surface area contributed by atoms with Gasteiger partial charge in [-0.05, 0) is 42.8 Å². The van der Waals surface area contributed by atoms with Crippen molar-refractivity contribution in [1.82, 2.24) is 14.4 Å². The molecule has 0 unspecified atom stereocenters. The number of hydrogen-bond donors (Lipinski definition) is 1. The summed E-state index contributed by atoms with van der Waals surface area (Å²) in [4.78, 5) is 21.8. The van der Waals surface area contributed by atoms with Crippen molar-refractivity contribution in [3.8, 4) is 5.75 Å². The number of pyridine rings is 2. The molecule has 4 rings (SSSR count). The maximum atomic E-state index is 14.4. The van der Waals surface area contributed by atoms with Crippen LogP contribution >= 0.6 is 0 Å². The van der Waals surface area contributed by atoms with Gasteiger partial charge in [-0.1, -0.05) is 25.1 Å². The van der Waals surface area contributed by atoms with Crippen molar-refractivity contribution in [2.24, 2.45) is 0 Å². The molecule has 6 nitrogen and oxygen atoms in total. The molecule has 0 saturated carbocycles. The van der Waals surface area contributed by atoms with Gasteiger partial charge in [0.1, 0.15) is 29.6 Å². The normalized spacial score (nSPS) is 13.1. The molecule has 0 saturated heterocycles. The first-order chi connectivity index (χ1) is 15.8. The maximum Gasteiger partial charge on any atom is 0.182 e. The summed E-state index contributed by atoms with van der Waals surface area (Å²) in [6.45, 7) is 2.84. The number of aryl methyl sites for hydroxylation is 1. The fourth-order valence-electron chi connectivity index (χ4n) is 3.90. The highest BCUT2D eigenvalue weighted by Crippen LogP contribution is 2.32. The Balaban J connectivity index is 1.65. The van der Waals surface area contributed by atoms with Crippen molar-refractivity contribution in [3.05, 3.63) is 95.2 Å². The van der Waals surface area contributed by atoms with Crippen molar-refractivity contribution in [2.45, 2.75) is 32.3 Å². The van der Waals surface area contributed by atoms with Crippen LogP contribution in [-0.4, -0.2) is 31.9 Å². The van der Waals surface area contributed by atoms with E-state index in [0.717, 1.165) is 0 Å².